The highest BCUT2D eigenvalue weighted by atomic mass is 32.2. The second-order valence-electron chi connectivity index (χ2n) is 3.20. The molecule has 15 heavy (non-hydrogen) atoms. The van der Waals surface area contributed by atoms with Gasteiger partial charge in [-0.05, 0) is 23.9 Å². The van der Waals surface area contributed by atoms with Crippen LogP contribution in [0.3, 0.4) is 0 Å². The van der Waals surface area contributed by atoms with Gasteiger partial charge in [-0.2, -0.15) is 0 Å². The molecule has 0 spiro atoms. The summed E-state index contributed by atoms with van der Waals surface area (Å²) >= 11 is 3.45. The third-order valence-electron chi connectivity index (χ3n) is 2.14. The van der Waals surface area contributed by atoms with E-state index in [9.17, 15) is 0 Å². The minimum atomic E-state index is 0.302. The standard InChI is InChI=1S/C10H13N3S2/c1-7-2-5-14-9(7)8(6-11)15-10-12-3-4-13-10/h2-5,8H,6,11H2,1H3,(H,12,13). The van der Waals surface area contributed by atoms with E-state index in [1.54, 1.807) is 29.3 Å². The van der Waals surface area contributed by atoms with Gasteiger partial charge in [-0.15, -0.1) is 11.3 Å². The smallest absolute Gasteiger partial charge is 0.165 e. The summed E-state index contributed by atoms with van der Waals surface area (Å²) in [6.07, 6.45) is 3.59. The van der Waals surface area contributed by atoms with Gasteiger partial charge in [0.2, 0.25) is 0 Å². The van der Waals surface area contributed by atoms with Crippen LogP contribution in [0.5, 0.6) is 0 Å². The van der Waals surface area contributed by atoms with Gasteiger partial charge in [-0.1, -0.05) is 11.8 Å². The Balaban J connectivity index is 2.15. The highest BCUT2D eigenvalue weighted by Crippen LogP contribution is 2.36. The molecule has 2 aromatic rings. The fourth-order valence-electron chi connectivity index (χ4n) is 1.37. The zero-order chi connectivity index (χ0) is 10.7. The minimum Gasteiger partial charge on any atom is -0.340 e. The summed E-state index contributed by atoms with van der Waals surface area (Å²) in [6.45, 7) is 2.75. The highest BCUT2D eigenvalue weighted by Gasteiger charge is 2.15. The fourth-order valence-corrected chi connectivity index (χ4v) is 3.52. The zero-order valence-electron chi connectivity index (χ0n) is 8.43. The van der Waals surface area contributed by atoms with Crippen LogP contribution in [-0.4, -0.2) is 16.5 Å². The SMILES string of the molecule is Cc1ccsc1C(CN)Sc1ncc[nH]1. The molecule has 2 heterocycles. The number of imidazole rings is 1. The van der Waals surface area contributed by atoms with Crippen molar-refractivity contribution in [1.82, 2.24) is 9.97 Å². The zero-order valence-corrected chi connectivity index (χ0v) is 10.1. The van der Waals surface area contributed by atoms with Gasteiger partial charge in [0.05, 0.1) is 5.25 Å². The van der Waals surface area contributed by atoms with Crippen LogP contribution in [0, 0.1) is 6.92 Å². The monoisotopic (exact) mass is 239 g/mol. The Morgan fingerprint density at radius 1 is 1.67 bits per heavy atom. The van der Waals surface area contributed by atoms with Gasteiger partial charge in [0.15, 0.2) is 5.16 Å². The first-order valence-corrected chi connectivity index (χ1v) is 6.47. The molecule has 0 aliphatic rings. The maximum atomic E-state index is 5.79. The number of hydrogen-bond donors (Lipinski definition) is 2. The number of aromatic nitrogens is 2. The molecule has 3 N–H and O–H groups in total. The van der Waals surface area contributed by atoms with Gasteiger partial charge < -0.3 is 10.7 Å². The second-order valence-corrected chi connectivity index (χ2v) is 5.34. The normalized spacial score (nSPS) is 12.9. The van der Waals surface area contributed by atoms with Gasteiger partial charge in [0.25, 0.3) is 0 Å². The number of thioether (sulfide) groups is 1. The third-order valence-corrected chi connectivity index (χ3v) is 4.58. The van der Waals surface area contributed by atoms with Crippen molar-refractivity contribution < 1.29 is 0 Å². The van der Waals surface area contributed by atoms with E-state index in [4.69, 9.17) is 5.73 Å². The molecule has 0 saturated heterocycles. The highest BCUT2D eigenvalue weighted by molar-refractivity contribution is 7.99. The molecule has 80 valence electrons. The molecule has 0 aromatic carbocycles. The maximum Gasteiger partial charge on any atom is 0.165 e. The number of nitrogens with zero attached hydrogens (tertiary/aromatic N) is 1. The molecule has 0 radical (unpaired) electrons. The van der Waals surface area contributed by atoms with Gasteiger partial charge in [-0.25, -0.2) is 4.98 Å². The Hall–Kier alpha value is -0.780. The summed E-state index contributed by atoms with van der Waals surface area (Å²) in [5, 5.41) is 3.34. The molecule has 0 bridgehead atoms. The minimum absolute atomic E-state index is 0.302. The largest absolute Gasteiger partial charge is 0.340 e. The van der Waals surface area contributed by atoms with Crippen molar-refractivity contribution in [1.29, 1.82) is 0 Å². The molecule has 0 aliphatic carbocycles. The second kappa shape index (κ2) is 4.83. The summed E-state index contributed by atoms with van der Waals surface area (Å²) in [6, 6.07) is 2.13. The van der Waals surface area contributed by atoms with E-state index in [-0.39, 0.29) is 0 Å². The van der Waals surface area contributed by atoms with Crippen molar-refractivity contribution in [3.8, 4) is 0 Å². The lowest BCUT2D eigenvalue weighted by atomic mass is 10.2. The topological polar surface area (TPSA) is 54.7 Å². The Labute approximate surface area is 97.1 Å². The van der Waals surface area contributed by atoms with Crippen LogP contribution < -0.4 is 5.73 Å². The number of nitrogens with two attached hydrogens (primary N) is 1. The maximum absolute atomic E-state index is 5.79. The first kappa shape index (κ1) is 10.7. The number of aromatic amines is 1. The Morgan fingerprint density at radius 3 is 3.07 bits per heavy atom. The lowest BCUT2D eigenvalue weighted by molar-refractivity contribution is 0.936. The molecule has 1 unspecified atom stereocenters. The van der Waals surface area contributed by atoms with Crippen molar-refractivity contribution in [3.05, 3.63) is 34.3 Å². The number of hydrogen-bond acceptors (Lipinski definition) is 4. The Morgan fingerprint density at radius 2 is 2.53 bits per heavy atom. The van der Waals surface area contributed by atoms with E-state index in [1.165, 1.54) is 10.4 Å². The van der Waals surface area contributed by atoms with E-state index in [1.807, 2.05) is 6.20 Å². The molecule has 1 atom stereocenters. The van der Waals surface area contributed by atoms with Crippen LogP contribution in [0.4, 0.5) is 0 Å². The molecule has 0 saturated carbocycles. The molecule has 0 amide bonds. The molecule has 3 nitrogen and oxygen atoms in total. The first-order chi connectivity index (χ1) is 7.31. The molecule has 2 rings (SSSR count). The first-order valence-electron chi connectivity index (χ1n) is 4.71. The van der Waals surface area contributed by atoms with Gasteiger partial charge in [-0.3, -0.25) is 0 Å². The van der Waals surface area contributed by atoms with Crippen molar-refractivity contribution in [3.63, 3.8) is 0 Å². The molecule has 0 fully saturated rings. The van der Waals surface area contributed by atoms with E-state index in [2.05, 4.69) is 28.3 Å². The number of aryl methyl sites for hydroxylation is 1. The Bertz CT molecular complexity index is 408. The van der Waals surface area contributed by atoms with Crippen LogP contribution in [0.25, 0.3) is 0 Å². The molecule has 5 heteroatoms. The summed E-state index contributed by atoms with van der Waals surface area (Å²) in [5.74, 6) is 0. The van der Waals surface area contributed by atoms with E-state index < -0.39 is 0 Å². The van der Waals surface area contributed by atoms with Crippen LogP contribution in [0.15, 0.2) is 29.0 Å². The third kappa shape index (κ3) is 2.42. The average Bonchev–Trinajstić information content (AvgIpc) is 2.85. The molecule has 2 aromatic heterocycles. The van der Waals surface area contributed by atoms with E-state index in [0.717, 1.165) is 5.16 Å². The van der Waals surface area contributed by atoms with Crippen LogP contribution in [0.1, 0.15) is 15.7 Å². The summed E-state index contributed by atoms with van der Waals surface area (Å²) in [5.41, 5.74) is 7.11. The van der Waals surface area contributed by atoms with Crippen molar-refractivity contribution in [2.75, 3.05) is 6.54 Å². The van der Waals surface area contributed by atoms with Gasteiger partial charge in [0, 0.05) is 23.8 Å². The van der Waals surface area contributed by atoms with Crippen LogP contribution >= 0.6 is 23.1 Å². The number of thiophene rings is 1. The van der Waals surface area contributed by atoms with Gasteiger partial charge in [0.1, 0.15) is 0 Å². The molecular formula is C10H13N3S2. The molecular weight excluding hydrogens is 226 g/mol. The Kier molecular flexibility index (Phi) is 3.45. The van der Waals surface area contributed by atoms with Crippen molar-refractivity contribution >= 4 is 23.1 Å². The quantitative estimate of drug-likeness (QED) is 0.806. The summed E-state index contributed by atoms with van der Waals surface area (Å²) in [4.78, 5) is 8.63. The number of nitrogens with one attached hydrogen (secondary N) is 1. The molecule has 0 aliphatic heterocycles. The summed E-state index contributed by atoms with van der Waals surface area (Å²) < 4.78 is 0. The van der Waals surface area contributed by atoms with Crippen LogP contribution in [-0.2, 0) is 0 Å². The van der Waals surface area contributed by atoms with E-state index in [0.29, 0.717) is 11.8 Å². The number of H-pyrrole nitrogens is 1. The summed E-state index contributed by atoms with van der Waals surface area (Å²) in [7, 11) is 0. The van der Waals surface area contributed by atoms with Gasteiger partial charge >= 0.3 is 0 Å². The predicted molar refractivity (Wildman–Crippen MR) is 65.3 cm³/mol. The number of rotatable bonds is 4. The fraction of sp³-hybridized carbons (Fsp3) is 0.300. The predicted octanol–water partition coefficient (Wildman–Crippen LogP) is 2.57. The lowest BCUT2D eigenvalue weighted by Gasteiger charge is -2.11. The van der Waals surface area contributed by atoms with Crippen molar-refractivity contribution in [2.45, 2.75) is 17.3 Å². The lowest BCUT2D eigenvalue weighted by Crippen LogP contribution is -2.09. The van der Waals surface area contributed by atoms with E-state index >= 15 is 0 Å². The van der Waals surface area contributed by atoms with Crippen LogP contribution in [0.2, 0.25) is 0 Å². The van der Waals surface area contributed by atoms with Crippen molar-refractivity contribution in [2.24, 2.45) is 5.73 Å². The average molecular weight is 239 g/mol.